The molecule has 3 rings (SSSR count). The van der Waals surface area contributed by atoms with Crippen LogP contribution in [0.15, 0.2) is 57.6 Å². The number of fused-ring (bicyclic) bond motifs is 1. The summed E-state index contributed by atoms with van der Waals surface area (Å²) in [5.41, 5.74) is 1.81. The number of carbonyl (C=O) groups is 1. The quantitative estimate of drug-likeness (QED) is 0.726. The molecule has 1 N–H and O–H groups in total. The highest BCUT2D eigenvalue weighted by molar-refractivity contribution is 5.96. The first-order valence-electron chi connectivity index (χ1n) is 7.26. The average Bonchev–Trinajstić information content (AvgIpc) is 3.18. The summed E-state index contributed by atoms with van der Waals surface area (Å²) in [7, 11) is 0. The van der Waals surface area contributed by atoms with E-state index in [0.717, 1.165) is 34.5 Å². The Morgan fingerprint density at radius 3 is 2.86 bits per heavy atom. The maximum Gasteiger partial charge on any atom is 0.244 e. The number of hydrogen-bond acceptors (Lipinski definition) is 3. The van der Waals surface area contributed by atoms with E-state index < -0.39 is 0 Å². The van der Waals surface area contributed by atoms with Gasteiger partial charge in [0.05, 0.1) is 12.8 Å². The molecule has 0 saturated carbocycles. The second-order valence-electron chi connectivity index (χ2n) is 4.92. The van der Waals surface area contributed by atoms with Gasteiger partial charge in [0.15, 0.2) is 0 Å². The Kier molecular flexibility index (Phi) is 4.10. The third-order valence-corrected chi connectivity index (χ3v) is 3.45. The van der Waals surface area contributed by atoms with E-state index in [1.165, 1.54) is 6.08 Å². The zero-order chi connectivity index (χ0) is 15.4. The van der Waals surface area contributed by atoms with Crippen LogP contribution in [-0.4, -0.2) is 5.91 Å². The first-order valence-corrected chi connectivity index (χ1v) is 7.26. The van der Waals surface area contributed by atoms with Crippen molar-refractivity contribution in [1.29, 1.82) is 0 Å². The van der Waals surface area contributed by atoms with E-state index in [4.69, 9.17) is 8.83 Å². The monoisotopic (exact) mass is 295 g/mol. The van der Waals surface area contributed by atoms with E-state index in [9.17, 15) is 4.79 Å². The Balaban J connectivity index is 1.75. The summed E-state index contributed by atoms with van der Waals surface area (Å²) in [6.07, 6.45) is 5.70. The van der Waals surface area contributed by atoms with Crippen LogP contribution < -0.4 is 5.32 Å². The number of rotatable bonds is 5. The molecule has 3 aromatic rings. The molecule has 4 nitrogen and oxygen atoms in total. The third-order valence-electron chi connectivity index (χ3n) is 3.45. The van der Waals surface area contributed by atoms with Gasteiger partial charge in [0.25, 0.3) is 0 Å². The molecule has 2 aromatic heterocycles. The Hall–Kier alpha value is -2.75. The van der Waals surface area contributed by atoms with Crippen molar-refractivity contribution in [2.45, 2.75) is 19.9 Å². The molecule has 2 heterocycles. The van der Waals surface area contributed by atoms with E-state index in [1.807, 2.05) is 43.3 Å². The fraction of sp³-hybridized carbons (Fsp3) is 0.167. The number of hydrogen-bond donors (Lipinski definition) is 1. The molecule has 1 amide bonds. The van der Waals surface area contributed by atoms with Crippen molar-refractivity contribution in [3.8, 4) is 0 Å². The SMILES string of the molecule is CCc1oc2ccccc2c1/C=C/C(=O)NCc1ccco1. The van der Waals surface area contributed by atoms with Gasteiger partial charge in [0.1, 0.15) is 17.1 Å². The lowest BCUT2D eigenvalue weighted by molar-refractivity contribution is -0.116. The van der Waals surface area contributed by atoms with Gasteiger partial charge < -0.3 is 14.2 Å². The fourth-order valence-corrected chi connectivity index (χ4v) is 2.37. The van der Waals surface area contributed by atoms with Crippen molar-refractivity contribution in [1.82, 2.24) is 5.32 Å². The highest BCUT2D eigenvalue weighted by Crippen LogP contribution is 2.27. The second-order valence-corrected chi connectivity index (χ2v) is 4.92. The van der Waals surface area contributed by atoms with Gasteiger partial charge in [-0.15, -0.1) is 0 Å². The Morgan fingerprint density at radius 1 is 1.23 bits per heavy atom. The molecule has 4 heteroatoms. The molecule has 0 saturated heterocycles. The number of carbonyl (C=O) groups excluding carboxylic acids is 1. The highest BCUT2D eigenvalue weighted by Gasteiger charge is 2.10. The van der Waals surface area contributed by atoms with Gasteiger partial charge in [-0.25, -0.2) is 0 Å². The minimum atomic E-state index is -0.163. The van der Waals surface area contributed by atoms with Gasteiger partial charge in [-0.1, -0.05) is 25.1 Å². The molecule has 0 radical (unpaired) electrons. The zero-order valence-corrected chi connectivity index (χ0v) is 12.3. The Bertz CT molecular complexity index is 797. The van der Waals surface area contributed by atoms with E-state index in [1.54, 1.807) is 12.3 Å². The number of para-hydroxylation sites is 1. The largest absolute Gasteiger partial charge is 0.467 e. The standard InChI is InChI=1S/C18H17NO3/c1-2-16-15(14-7-3-4-8-17(14)22-16)9-10-18(20)19-12-13-6-5-11-21-13/h3-11H,2,12H2,1H3,(H,19,20)/b10-9+. The molecular formula is C18H17NO3. The highest BCUT2D eigenvalue weighted by atomic mass is 16.3. The summed E-state index contributed by atoms with van der Waals surface area (Å²) >= 11 is 0. The summed E-state index contributed by atoms with van der Waals surface area (Å²) in [6, 6.07) is 11.5. The third kappa shape index (κ3) is 2.96. The van der Waals surface area contributed by atoms with Gasteiger partial charge in [-0.2, -0.15) is 0 Å². The van der Waals surface area contributed by atoms with E-state index >= 15 is 0 Å². The minimum absolute atomic E-state index is 0.163. The molecule has 22 heavy (non-hydrogen) atoms. The predicted molar refractivity (Wildman–Crippen MR) is 85.2 cm³/mol. The van der Waals surface area contributed by atoms with Crippen LogP contribution in [0.25, 0.3) is 17.0 Å². The van der Waals surface area contributed by atoms with Crippen molar-refractivity contribution in [2.75, 3.05) is 0 Å². The number of furan rings is 2. The maximum absolute atomic E-state index is 11.9. The summed E-state index contributed by atoms with van der Waals surface area (Å²) in [5.74, 6) is 1.45. The van der Waals surface area contributed by atoms with Gasteiger partial charge in [-0.3, -0.25) is 4.79 Å². The van der Waals surface area contributed by atoms with Gasteiger partial charge in [0.2, 0.25) is 5.91 Å². The normalized spacial score (nSPS) is 11.3. The van der Waals surface area contributed by atoms with Crippen LogP contribution in [0.1, 0.15) is 24.0 Å². The lowest BCUT2D eigenvalue weighted by Crippen LogP contribution is -2.19. The molecule has 0 aliphatic rings. The first-order chi connectivity index (χ1) is 10.8. The van der Waals surface area contributed by atoms with Crippen molar-refractivity contribution in [3.05, 3.63) is 65.8 Å². The molecule has 0 unspecified atom stereocenters. The van der Waals surface area contributed by atoms with Crippen LogP contribution in [0.5, 0.6) is 0 Å². The summed E-state index contributed by atoms with van der Waals surface area (Å²) in [4.78, 5) is 11.9. The van der Waals surface area contributed by atoms with Crippen molar-refractivity contribution in [3.63, 3.8) is 0 Å². The van der Waals surface area contributed by atoms with Crippen molar-refractivity contribution >= 4 is 23.0 Å². The molecule has 0 atom stereocenters. The van der Waals surface area contributed by atoms with Crippen LogP contribution in [0, 0.1) is 0 Å². The maximum atomic E-state index is 11.9. The average molecular weight is 295 g/mol. The molecule has 0 aliphatic heterocycles. The lowest BCUT2D eigenvalue weighted by Gasteiger charge is -1.98. The fourth-order valence-electron chi connectivity index (χ4n) is 2.37. The lowest BCUT2D eigenvalue weighted by atomic mass is 10.1. The van der Waals surface area contributed by atoms with Gasteiger partial charge >= 0.3 is 0 Å². The Labute approximate surface area is 128 Å². The van der Waals surface area contributed by atoms with Crippen LogP contribution in [0.4, 0.5) is 0 Å². The van der Waals surface area contributed by atoms with Crippen LogP contribution in [0.2, 0.25) is 0 Å². The van der Waals surface area contributed by atoms with E-state index in [2.05, 4.69) is 5.32 Å². The number of nitrogens with one attached hydrogen (secondary N) is 1. The van der Waals surface area contributed by atoms with Crippen LogP contribution in [0.3, 0.4) is 0 Å². The van der Waals surface area contributed by atoms with E-state index in [0.29, 0.717) is 6.54 Å². The molecule has 112 valence electrons. The molecule has 0 spiro atoms. The van der Waals surface area contributed by atoms with Gasteiger partial charge in [0, 0.05) is 23.4 Å². The summed E-state index contributed by atoms with van der Waals surface area (Å²) in [5, 5.41) is 3.81. The molecule has 0 aliphatic carbocycles. The smallest absolute Gasteiger partial charge is 0.244 e. The first kappa shape index (κ1) is 14.2. The molecular weight excluding hydrogens is 278 g/mol. The topological polar surface area (TPSA) is 55.4 Å². The number of amides is 1. The Morgan fingerprint density at radius 2 is 2.09 bits per heavy atom. The predicted octanol–water partition coefficient (Wildman–Crippen LogP) is 3.92. The number of benzene rings is 1. The summed E-state index contributed by atoms with van der Waals surface area (Å²) in [6.45, 7) is 2.41. The minimum Gasteiger partial charge on any atom is -0.467 e. The van der Waals surface area contributed by atoms with Crippen LogP contribution in [-0.2, 0) is 17.8 Å². The number of aryl methyl sites for hydroxylation is 1. The van der Waals surface area contributed by atoms with Crippen LogP contribution >= 0.6 is 0 Å². The second kappa shape index (κ2) is 6.35. The van der Waals surface area contributed by atoms with Crippen molar-refractivity contribution < 1.29 is 13.6 Å². The van der Waals surface area contributed by atoms with E-state index in [-0.39, 0.29) is 5.91 Å². The van der Waals surface area contributed by atoms with Gasteiger partial charge in [-0.05, 0) is 24.3 Å². The molecule has 0 bridgehead atoms. The summed E-state index contributed by atoms with van der Waals surface area (Å²) < 4.78 is 11.0. The molecule has 1 aromatic carbocycles. The molecule has 0 fully saturated rings. The zero-order valence-electron chi connectivity index (χ0n) is 12.3. The van der Waals surface area contributed by atoms with Crippen molar-refractivity contribution in [2.24, 2.45) is 0 Å².